The van der Waals surface area contributed by atoms with Gasteiger partial charge in [0.1, 0.15) is 5.76 Å². The number of oxazole rings is 1. The molecule has 3 aromatic rings. The first-order chi connectivity index (χ1) is 10.1. The van der Waals surface area contributed by atoms with Gasteiger partial charge in [-0.2, -0.15) is 0 Å². The SMILES string of the molecule is Cc1oc(-c2cccs2)nc1CSc1cc(Cl)ccc1N. The predicted molar refractivity (Wildman–Crippen MR) is 90.0 cm³/mol. The molecule has 0 saturated heterocycles. The first kappa shape index (κ1) is 14.5. The summed E-state index contributed by atoms with van der Waals surface area (Å²) in [5.74, 6) is 2.22. The highest BCUT2D eigenvalue weighted by Gasteiger charge is 2.13. The summed E-state index contributed by atoms with van der Waals surface area (Å²) in [6, 6.07) is 9.47. The lowest BCUT2D eigenvalue weighted by atomic mass is 10.3. The van der Waals surface area contributed by atoms with E-state index < -0.39 is 0 Å². The lowest BCUT2D eigenvalue weighted by molar-refractivity contribution is 0.542. The van der Waals surface area contributed by atoms with Crippen LogP contribution < -0.4 is 5.73 Å². The van der Waals surface area contributed by atoms with Crippen LogP contribution in [0.1, 0.15) is 11.5 Å². The molecule has 0 amide bonds. The number of thioether (sulfide) groups is 1. The van der Waals surface area contributed by atoms with Crippen molar-refractivity contribution in [3.05, 3.63) is 52.2 Å². The normalized spacial score (nSPS) is 11.0. The Balaban J connectivity index is 1.78. The average Bonchev–Trinajstić information content (AvgIpc) is 3.09. The summed E-state index contributed by atoms with van der Waals surface area (Å²) >= 11 is 9.23. The van der Waals surface area contributed by atoms with Crippen molar-refractivity contribution in [2.75, 3.05) is 5.73 Å². The number of nitrogen functional groups attached to an aromatic ring is 1. The molecular formula is C15H13ClN2OS2. The Kier molecular flexibility index (Phi) is 4.24. The summed E-state index contributed by atoms with van der Waals surface area (Å²) in [5, 5.41) is 2.69. The van der Waals surface area contributed by atoms with Gasteiger partial charge in [0.25, 0.3) is 0 Å². The number of rotatable bonds is 4. The molecule has 0 spiro atoms. The molecular weight excluding hydrogens is 324 g/mol. The van der Waals surface area contributed by atoms with E-state index in [9.17, 15) is 0 Å². The van der Waals surface area contributed by atoms with Gasteiger partial charge in [-0.15, -0.1) is 23.1 Å². The number of aromatic nitrogens is 1. The lowest BCUT2D eigenvalue weighted by Crippen LogP contribution is -1.90. The Labute approximate surface area is 136 Å². The van der Waals surface area contributed by atoms with E-state index >= 15 is 0 Å². The summed E-state index contributed by atoms with van der Waals surface area (Å²) in [4.78, 5) is 6.57. The Morgan fingerprint density at radius 3 is 3.00 bits per heavy atom. The van der Waals surface area contributed by atoms with E-state index in [1.54, 1.807) is 29.2 Å². The summed E-state index contributed by atoms with van der Waals surface area (Å²) in [6.45, 7) is 1.93. The van der Waals surface area contributed by atoms with Crippen molar-refractivity contribution in [3.8, 4) is 10.8 Å². The molecule has 2 N–H and O–H groups in total. The fourth-order valence-electron chi connectivity index (χ4n) is 1.85. The quantitative estimate of drug-likeness (QED) is 0.523. The third-order valence-corrected chi connectivity index (χ3v) is 5.14. The van der Waals surface area contributed by atoms with Gasteiger partial charge in [-0.25, -0.2) is 4.98 Å². The topological polar surface area (TPSA) is 52.0 Å². The van der Waals surface area contributed by atoms with Crippen LogP contribution in [0.5, 0.6) is 0 Å². The number of aryl methyl sites for hydroxylation is 1. The van der Waals surface area contributed by atoms with Crippen LogP contribution in [0.2, 0.25) is 5.02 Å². The first-order valence-corrected chi connectivity index (χ1v) is 8.56. The number of hydrogen-bond acceptors (Lipinski definition) is 5. The van der Waals surface area contributed by atoms with Crippen molar-refractivity contribution < 1.29 is 4.42 Å². The molecule has 1 aromatic carbocycles. The molecule has 3 nitrogen and oxygen atoms in total. The molecule has 0 atom stereocenters. The number of benzene rings is 1. The Morgan fingerprint density at radius 2 is 2.24 bits per heavy atom. The van der Waals surface area contributed by atoms with Crippen molar-refractivity contribution in [2.24, 2.45) is 0 Å². The molecule has 6 heteroatoms. The zero-order valence-corrected chi connectivity index (χ0v) is 13.7. The van der Waals surface area contributed by atoms with E-state index in [1.807, 2.05) is 36.6 Å². The molecule has 0 saturated carbocycles. The standard InChI is InChI=1S/C15H13ClN2OS2/c1-9-12(18-15(19-9)13-3-2-6-20-13)8-21-14-7-10(16)4-5-11(14)17/h2-7H,8,17H2,1H3. The summed E-state index contributed by atoms with van der Waals surface area (Å²) in [5.41, 5.74) is 7.61. The van der Waals surface area contributed by atoms with E-state index in [2.05, 4.69) is 4.98 Å². The van der Waals surface area contributed by atoms with E-state index in [4.69, 9.17) is 21.8 Å². The number of nitrogens with two attached hydrogens (primary N) is 1. The minimum atomic E-state index is 0.678. The van der Waals surface area contributed by atoms with Gasteiger partial charge in [-0.05, 0) is 36.6 Å². The van der Waals surface area contributed by atoms with Crippen molar-refractivity contribution >= 4 is 40.4 Å². The maximum Gasteiger partial charge on any atom is 0.236 e. The maximum atomic E-state index is 6.00. The third kappa shape index (κ3) is 3.26. The second-order valence-electron chi connectivity index (χ2n) is 4.47. The van der Waals surface area contributed by atoms with E-state index in [-0.39, 0.29) is 0 Å². The van der Waals surface area contributed by atoms with Crippen LogP contribution in [0.25, 0.3) is 10.8 Å². The second-order valence-corrected chi connectivity index (χ2v) is 6.87. The Bertz CT molecular complexity index is 753. The van der Waals surface area contributed by atoms with Crippen LogP contribution in [0.3, 0.4) is 0 Å². The molecule has 0 aliphatic carbocycles. The highest BCUT2D eigenvalue weighted by atomic mass is 35.5. The van der Waals surface area contributed by atoms with Crippen LogP contribution in [-0.2, 0) is 5.75 Å². The zero-order chi connectivity index (χ0) is 14.8. The number of nitrogens with zero attached hydrogens (tertiary/aromatic N) is 1. The average molecular weight is 337 g/mol. The minimum Gasteiger partial charge on any atom is -0.440 e. The van der Waals surface area contributed by atoms with Gasteiger partial charge < -0.3 is 10.2 Å². The molecule has 108 valence electrons. The van der Waals surface area contributed by atoms with Crippen LogP contribution >= 0.6 is 34.7 Å². The van der Waals surface area contributed by atoms with Gasteiger partial charge in [-0.1, -0.05) is 17.7 Å². The van der Waals surface area contributed by atoms with Crippen LogP contribution in [-0.4, -0.2) is 4.98 Å². The number of thiophene rings is 1. The van der Waals surface area contributed by atoms with Gasteiger partial charge in [0, 0.05) is 21.4 Å². The van der Waals surface area contributed by atoms with Gasteiger partial charge in [-0.3, -0.25) is 0 Å². The highest BCUT2D eigenvalue weighted by Crippen LogP contribution is 2.33. The molecule has 0 radical (unpaired) electrons. The van der Waals surface area contributed by atoms with Gasteiger partial charge in [0.15, 0.2) is 0 Å². The second kappa shape index (κ2) is 6.13. The maximum absolute atomic E-state index is 6.00. The van der Waals surface area contributed by atoms with Crippen molar-refractivity contribution in [1.29, 1.82) is 0 Å². The summed E-state index contributed by atoms with van der Waals surface area (Å²) < 4.78 is 5.73. The van der Waals surface area contributed by atoms with E-state index in [0.29, 0.717) is 16.7 Å². The Hall–Kier alpha value is -1.43. The minimum absolute atomic E-state index is 0.678. The highest BCUT2D eigenvalue weighted by molar-refractivity contribution is 7.98. The zero-order valence-electron chi connectivity index (χ0n) is 11.3. The number of halogens is 1. The van der Waals surface area contributed by atoms with Crippen LogP contribution in [0, 0.1) is 6.92 Å². The fourth-order valence-corrected chi connectivity index (χ4v) is 3.74. The van der Waals surface area contributed by atoms with Gasteiger partial charge in [0.2, 0.25) is 5.89 Å². The Morgan fingerprint density at radius 1 is 1.38 bits per heavy atom. The van der Waals surface area contributed by atoms with Crippen LogP contribution in [0.4, 0.5) is 5.69 Å². The van der Waals surface area contributed by atoms with Crippen molar-refractivity contribution in [3.63, 3.8) is 0 Å². The van der Waals surface area contributed by atoms with Crippen molar-refractivity contribution in [1.82, 2.24) is 4.98 Å². The summed E-state index contributed by atoms with van der Waals surface area (Å²) in [7, 11) is 0. The fraction of sp³-hybridized carbons (Fsp3) is 0.133. The summed E-state index contributed by atoms with van der Waals surface area (Å²) in [6.07, 6.45) is 0. The lowest BCUT2D eigenvalue weighted by Gasteiger charge is -2.04. The number of hydrogen-bond donors (Lipinski definition) is 1. The molecule has 0 unspecified atom stereocenters. The van der Waals surface area contributed by atoms with Gasteiger partial charge in [0.05, 0.1) is 10.6 Å². The molecule has 2 aromatic heterocycles. The molecule has 0 aliphatic heterocycles. The molecule has 21 heavy (non-hydrogen) atoms. The molecule has 2 heterocycles. The third-order valence-electron chi connectivity index (χ3n) is 2.96. The monoisotopic (exact) mass is 336 g/mol. The van der Waals surface area contributed by atoms with Crippen molar-refractivity contribution in [2.45, 2.75) is 17.6 Å². The molecule has 3 rings (SSSR count). The predicted octanol–water partition coefficient (Wildman–Crippen LogP) is 5.24. The molecule has 0 bridgehead atoms. The van der Waals surface area contributed by atoms with E-state index in [0.717, 1.165) is 26.9 Å². The van der Waals surface area contributed by atoms with Gasteiger partial charge >= 0.3 is 0 Å². The molecule has 0 fully saturated rings. The van der Waals surface area contributed by atoms with E-state index in [1.165, 1.54) is 0 Å². The largest absolute Gasteiger partial charge is 0.440 e. The number of anilines is 1. The molecule has 0 aliphatic rings. The first-order valence-electron chi connectivity index (χ1n) is 6.31. The van der Waals surface area contributed by atoms with Crippen LogP contribution in [0.15, 0.2) is 45.0 Å². The smallest absolute Gasteiger partial charge is 0.236 e.